The number of piperidine rings is 1. The molecule has 1 heterocycles. The van der Waals surface area contributed by atoms with Gasteiger partial charge in [0, 0.05) is 31.6 Å². The molecule has 0 aromatic rings. The molecule has 7 heteroatoms. The van der Waals surface area contributed by atoms with Crippen molar-refractivity contribution in [1.82, 2.24) is 15.5 Å². The lowest BCUT2D eigenvalue weighted by Gasteiger charge is -2.32. The van der Waals surface area contributed by atoms with Gasteiger partial charge in [0.2, 0.25) is 17.7 Å². The quantitative estimate of drug-likeness (QED) is 0.634. The van der Waals surface area contributed by atoms with E-state index in [1.165, 1.54) is 0 Å². The fourth-order valence-corrected chi connectivity index (χ4v) is 2.29. The largest absolute Gasteiger partial charge is 0.355 e. The summed E-state index contributed by atoms with van der Waals surface area (Å²) in [6.45, 7) is 7.26. The van der Waals surface area contributed by atoms with E-state index < -0.39 is 5.41 Å². The van der Waals surface area contributed by atoms with Crippen LogP contribution in [0.25, 0.3) is 0 Å². The lowest BCUT2D eigenvalue weighted by molar-refractivity contribution is -0.138. The highest BCUT2D eigenvalue weighted by atomic mass is 16.2. The Morgan fingerprint density at radius 3 is 2.50 bits per heavy atom. The molecule has 0 aromatic carbocycles. The Labute approximate surface area is 132 Å². The van der Waals surface area contributed by atoms with Gasteiger partial charge < -0.3 is 21.3 Å². The van der Waals surface area contributed by atoms with Crippen LogP contribution in [0, 0.1) is 11.3 Å². The minimum atomic E-state index is -0.521. The average Bonchev–Trinajstić information content (AvgIpc) is 2.48. The minimum Gasteiger partial charge on any atom is -0.355 e. The van der Waals surface area contributed by atoms with Crippen LogP contribution in [0.4, 0.5) is 0 Å². The van der Waals surface area contributed by atoms with Gasteiger partial charge in [-0.15, -0.1) is 0 Å². The summed E-state index contributed by atoms with van der Waals surface area (Å²) in [5, 5.41) is 5.41. The highest BCUT2D eigenvalue weighted by Crippen LogP contribution is 2.17. The van der Waals surface area contributed by atoms with Crippen molar-refractivity contribution in [2.24, 2.45) is 17.1 Å². The molecule has 3 amide bonds. The van der Waals surface area contributed by atoms with Crippen molar-refractivity contribution in [3.63, 3.8) is 0 Å². The van der Waals surface area contributed by atoms with Gasteiger partial charge in [-0.3, -0.25) is 14.4 Å². The summed E-state index contributed by atoms with van der Waals surface area (Å²) in [5.41, 5.74) is 4.84. The van der Waals surface area contributed by atoms with Crippen LogP contribution >= 0.6 is 0 Å². The smallest absolute Gasteiger partial charge is 0.241 e. The van der Waals surface area contributed by atoms with Gasteiger partial charge in [-0.2, -0.15) is 0 Å². The van der Waals surface area contributed by atoms with Gasteiger partial charge >= 0.3 is 0 Å². The van der Waals surface area contributed by atoms with E-state index in [4.69, 9.17) is 5.73 Å². The minimum absolute atomic E-state index is 0.0206. The number of nitrogens with one attached hydrogen (secondary N) is 2. The third-order valence-corrected chi connectivity index (χ3v) is 3.67. The molecule has 1 saturated heterocycles. The van der Waals surface area contributed by atoms with Crippen LogP contribution in [0.15, 0.2) is 0 Å². The molecule has 0 spiro atoms. The predicted molar refractivity (Wildman–Crippen MR) is 83.8 cm³/mol. The Kier molecular flexibility index (Phi) is 6.80. The van der Waals surface area contributed by atoms with Crippen LogP contribution < -0.4 is 16.4 Å². The molecular formula is C15H28N4O3. The van der Waals surface area contributed by atoms with Gasteiger partial charge in [0.25, 0.3) is 0 Å². The van der Waals surface area contributed by atoms with Crippen LogP contribution in [-0.4, -0.2) is 55.3 Å². The molecule has 7 nitrogen and oxygen atoms in total. The average molecular weight is 312 g/mol. The first-order valence-electron chi connectivity index (χ1n) is 7.79. The first-order valence-corrected chi connectivity index (χ1v) is 7.79. The maximum absolute atomic E-state index is 12.2. The maximum atomic E-state index is 12.2. The van der Waals surface area contributed by atoms with Gasteiger partial charge in [-0.1, -0.05) is 20.8 Å². The van der Waals surface area contributed by atoms with Gasteiger partial charge in [-0.05, 0) is 12.8 Å². The van der Waals surface area contributed by atoms with E-state index in [9.17, 15) is 14.4 Å². The Balaban J connectivity index is 2.45. The van der Waals surface area contributed by atoms with Crippen molar-refractivity contribution < 1.29 is 14.4 Å². The number of amides is 3. The van der Waals surface area contributed by atoms with Crippen LogP contribution in [0.3, 0.4) is 0 Å². The van der Waals surface area contributed by atoms with E-state index in [0.717, 1.165) is 12.8 Å². The third-order valence-electron chi connectivity index (χ3n) is 3.67. The summed E-state index contributed by atoms with van der Waals surface area (Å²) in [6, 6.07) is 0. The normalized spacial score (nSPS) is 18.7. The number of likely N-dealkylation sites (tertiary alicyclic amines) is 1. The lowest BCUT2D eigenvalue weighted by atomic mass is 9.95. The molecule has 1 aliphatic heterocycles. The summed E-state index contributed by atoms with van der Waals surface area (Å²) in [6.07, 6.45) is 1.56. The van der Waals surface area contributed by atoms with E-state index in [1.807, 2.05) is 0 Å². The van der Waals surface area contributed by atoms with Crippen molar-refractivity contribution in [3.05, 3.63) is 0 Å². The molecule has 1 atom stereocenters. The number of nitrogens with zero attached hydrogens (tertiary/aromatic N) is 1. The summed E-state index contributed by atoms with van der Waals surface area (Å²) >= 11 is 0. The molecule has 1 rings (SSSR count). The molecule has 0 aromatic heterocycles. The summed E-state index contributed by atoms with van der Waals surface area (Å²) in [7, 11) is 0. The van der Waals surface area contributed by atoms with Gasteiger partial charge in [0.15, 0.2) is 0 Å². The van der Waals surface area contributed by atoms with E-state index in [0.29, 0.717) is 26.2 Å². The van der Waals surface area contributed by atoms with Crippen LogP contribution in [0.5, 0.6) is 0 Å². The SMILES string of the molecule is CC(C)(C)C(=O)NCC(=O)N1CCCC(C(=O)NCCN)C1. The van der Waals surface area contributed by atoms with Crippen LogP contribution in [-0.2, 0) is 14.4 Å². The van der Waals surface area contributed by atoms with Crippen LogP contribution in [0.2, 0.25) is 0 Å². The summed E-state index contributed by atoms with van der Waals surface area (Å²) in [5.74, 6) is -0.548. The maximum Gasteiger partial charge on any atom is 0.241 e. The molecule has 0 aliphatic carbocycles. The molecule has 1 aliphatic rings. The van der Waals surface area contributed by atoms with Crippen molar-refractivity contribution >= 4 is 17.7 Å². The summed E-state index contributed by atoms with van der Waals surface area (Å²) < 4.78 is 0. The molecule has 22 heavy (non-hydrogen) atoms. The number of carbonyl (C=O) groups excluding carboxylic acids is 3. The number of rotatable bonds is 5. The van der Waals surface area contributed by atoms with Gasteiger partial charge in [0.1, 0.15) is 0 Å². The van der Waals surface area contributed by atoms with Crippen LogP contribution in [0.1, 0.15) is 33.6 Å². The molecule has 0 saturated carbocycles. The second-order valence-corrected chi connectivity index (χ2v) is 6.69. The summed E-state index contributed by atoms with van der Waals surface area (Å²) in [4.78, 5) is 37.6. The Hall–Kier alpha value is -1.63. The highest BCUT2D eigenvalue weighted by Gasteiger charge is 2.29. The zero-order chi connectivity index (χ0) is 16.8. The van der Waals surface area contributed by atoms with Crippen molar-refractivity contribution in [2.45, 2.75) is 33.6 Å². The van der Waals surface area contributed by atoms with Crippen molar-refractivity contribution in [3.8, 4) is 0 Å². The molecule has 0 radical (unpaired) electrons. The standard InChI is InChI=1S/C15H28N4O3/c1-15(2,3)14(22)18-9-12(20)19-8-4-5-11(10-19)13(21)17-7-6-16/h11H,4-10,16H2,1-3H3,(H,17,21)(H,18,22). The Bertz CT molecular complexity index is 418. The number of nitrogens with two attached hydrogens (primary N) is 1. The molecular weight excluding hydrogens is 284 g/mol. The molecule has 1 unspecified atom stereocenters. The molecule has 0 bridgehead atoms. The fourth-order valence-electron chi connectivity index (χ4n) is 2.29. The van der Waals surface area contributed by atoms with Crippen molar-refractivity contribution in [1.29, 1.82) is 0 Å². The topological polar surface area (TPSA) is 105 Å². The van der Waals surface area contributed by atoms with E-state index in [2.05, 4.69) is 10.6 Å². The van der Waals surface area contributed by atoms with E-state index >= 15 is 0 Å². The number of carbonyl (C=O) groups is 3. The van der Waals surface area contributed by atoms with E-state index in [1.54, 1.807) is 25.7 Å². The fraction of sp³-hybridized carbons (Fsp3) is 0.800. The van der Waals surface area contributed by atoms with E-state index in [-0.39, 0.29) is 30.2 Å². The zero-order valence-electron chi connectivity index (χ0n) is 13.8. The monoisotopic (exact) mass is 312 g/mol. The van der Waals surface area contributed by atoms with Crippen molar-refractivity contribution in [2.75, 3.05) is 32.7 Å². The lowest BCUT2D eigenvalue weighted by Crippen LogP contribution is -2.49. The van der Waals surface area contributed by atoms with Gasteiger partial charge in [-0.25, -0.2) is 0 Å². The second kappa shape index (κ2) is 8.12. The third kappa shape index (κ3) is 5.63. The highest BCUT2D eigenvalue weighted by molar-refractivity contribution is 5.87. The number of hydrogen-bond acceptors (Lipinski definition) is 4. The Morgan fingerprint density at radius 2 is 1.91 bits per heavy atom. The zero-order valence-corrected chi connectivity index (χ0v) is 13.8. The first-order chi connectivity index (χ1) is 10.3. The predicted octanol–water partition coefficient (Wildman–Crippen LogP) is -0.538. The molecule has 126 valence electrons. The second-order valence-electron chi connectivity index (χ2n) is 6.69. The Morgan fingerprint density at radius 1 is 1.23 bits per heavy atom. The molecule has 1 fully saturated rings. The first kappa shape index (κ1) is 18.4. The molecule has 4 N–H and O–H groups in total. The van der Waals surface area contributed by atoms with Gasteiger partial charge in [0.05, 0.1) is 12.5 Å². The number of hydrogen-bond donors (Lipinski definition) is 3.